The molecular formula is C28H22F3N5O4. The number of benzene rings is 3. The number of carbonyl (C=O) groups excluding carboxylic acids is 3. The van der Waals surface area contributed by atoms with E-state index in [4.69, 9.17) is 10.5 Å². The Labute approximate surface area is 226 Å². The Balaban J connectivity index is 1.52. The lowest BCUT2D eigenvalue weighted by atomic mass is 10.0. The fourth-order valence-corrected chi connectivity index (χ4v) is 4.49. The summed E-state index contributed by atoms with van der Waals surface area (Å²) in [5.41, 5.74) is 6.26. The van der Waals surface area contributed by atoms with Crippen molar-refractivity contribution in [1.29, 1.82) is 0 Å². The molecule has 9 nitrogen and oxygen atoms in total. The van der Waals surface area contributed by atoms with Crippen molar-refractivity contribution in [2.75, 3.05) is 16.8 Å². The zero-order valence-corrected chi connectivity index (χ0v) is 21.1. The molecule has 1 aliphatic heterocycles. The fourth-order valence-electron chi connectivity index (χ4n) is 4.49. The van der Waals surface area contributed by atoms with E-state index in [0.717, 1.165) is 17.0 Å². The quantitative estimate of drug-likeness (QED) is 0.364. The van der Waals surface area contributed by atoms with Gasteiger partial charge in [-0.05, 0) is 48.0 Å². The summed E-state index contributed by atoms with van der Waals surface area (Å²) in [5, 5.41) is 6.77. The van der Waals surface area contributed by atoms with Crippen molar-refractivity contribution in [3.05, 3.63) is 94.8 Å². The number of primary amides is 1. The third-order valence-corrected chi connectivity index (χ3v) is 6.38. The standard InChI is InChI=1S/C28H22F3N5O4/c1-35-26-18-12-17(29)7-9-23(18)40-14-19(26)28(34-35)36(25(38)11-15-4-2-3-5-20(15)30)13-24(37)33-22-10-16(27(32)39)6-8-21(22)31/h2-10,12H,11,13-14H2,1H3,(H2,32,39)(H,33,37). The molecule has 3 aromatic carbocycles. The van der Waals surface area contributed by atoms with Crippen LogP contribution < -0.4 is 20.7 Å². The maximum Gasteiger partial charge on any atom is 0.248 e. The maximum absolute atomic E-state index is 14.4. The number of nitrogens with one attached hydrogen (secondary N) is 1. The first kappa shape index (κ1) is 26.5. The van der Waals surface area contributed by atoms with Crippen LogP contribution in [0, 0.1) is 17.5 Å². The molecule has 0 spiro atoms. The van der Waals surface area contributed by atoms with Gasteiger partial charge in [-0.3, -0.25) is 24.0 Å². The number of hydrogen-bond donors (Lipinski definition) is 2. The topological polar surface area (TPSA) is 120 Å². The lowest BCUT2D eigenvalue weighted by molar-refractivity contribution is -0.121. The number of aryl methyl sites for hydroxylation is 1. The van der Waals surface area contributed by atoms with Crippen molar-refractivity contribution in [2.45, 2.75) is 13.0 Å². The number of halogens is 3. The predicted octanol–water partition coefficient (Wildman–Crippen LogP) is 3.71. The summed E-state index contributed by atoms with van der Waals surface area (Å²) in [5.74, 6) is -3.83. The number of nitrogens with two attached hydrogens (primary N) is 1. The molecule has 0 atom stereocenters. The summed E-state index contributed by atoms with van der Waals surface area (Å²) in [7, 11) is 1.59. The highest BCUT2D eigenvalue weighted by Gasteiger charge is 2.32. The Morgan fingerprint density at radius 2 is 1.82 bits per heavy atom. The number of aromatic nitrogens is 2. The predicted molar refractivity (Wildman–Crippen MR) is 139 cm³/mol. The molecule has 12 heteroatoms. The second-order valence-electron chi connectivity index (χ2n) is 9.06. The van der Waals surface area contributed by atoms with Gasteiger partial charge >= 0.3 is 0 Å². The highest BCUT2D eigenvalue weighted by molar-refractivity contribution is 6.04. The minimum Gasteiger partial charge on any atom is -0.488 e. The van der Waals surface area contributed by atoms with Crippen LogP contribution in [0.25, 0.3) is 11.3 Å². The van der Waals surface area contributed by atoms with Crippen LogP contribution in [-0.4, -0.2) is 34.0 Å². The number of ether oxygens (including phenoxy) is 1. The Hall–Kier alpha value is -5.13. The molecule has 5 rings (SSSR count). The van der Waals surface area contributed by atoms with Gasteiger partial charge in [0.2, 0.25) is 17.7 Å². The first-order valence-corrected chi connectivity index (χ1v) is 12.0. The summed E-state index contributed by atoms with van der Waals surface area (Å²) in [4.78, 5) is 39.2. The fraction of sp³-hybridized carbons (Fsp3) is 0.143. The van der Waals surface area contributed by atoms with Gasteiger partial charge in [0, 0.05) is 18.2 Å². The van der Waals surface area contributed by atoms with Crippen molar-refractivity contribution in [2.24, 2.45) is 12.8 Å². The Morgan fingerprint density at radius 3 is 2.58 bits per heavy atom. The number of rotatable bonds is 7. The minimum atomic E-state index is -0.829. The van der Waals surface area contributed by atoms with Gasteiger partial charge in [0.1, 0.15) is 36.4 Å². The third kappa shape index (κ3) is 5.10. The average molecular weight is 550 g/mol. The second kappa shape index (κ2) is 10.6. The zero-order chi connectivity index (χ0) is 28.6. The molecule has 0 bridgehead atoms. The highest BCUT2D eigenvalue weighted by atomic mass is 19.1. The Kier molecular flexibility index (Phi) is 6.99. The summed E-state index contributed by atoms with van der Waals surface area (Å²) < 4.78 is 50.1. The summed E-state index contributed by atoms with van der Waals surface area (Å²) in [6.07, 6.45) is -0.414. The van der Waals surface area contributed by atoms with E-state index in [2.05, 4.69) is 10.4 Å². The minimum absolute atomic E-state index is 0.0361. The summed E-state index contributed by atoms with van der Waals surface area (Å²) >= 11 is 0. The monoisotopic (exact) mass is 549 g/mol. The van der Waals surface area contributed by atoms with Crippen LogP contribution in [0.1, 0.15) is 21.5 Å². The molecule has 3 N–H and O–H groups in total. The molecule has 204 valence electrons. The van der Waals surface area contributed by atoms with Crippen molar-refractivity contribution < 1.29 is 32.3 Å². The number of amides is 3. The molecule has 0 saturated heterocycles. The van der Waals surface area contributed by atoms with Gasteiger partial charge in [-0.15, -0.1) is 0 Å². The molecule has 2 heterocycles. The molecule has 40 heavy (non-hydrogen) atoms. The van der Waals surface area contributed by atoms with Crippen LogP contribution in [0.4, 0.5) is 24.7 Å². The van der Waals surface area contributed by atoms with Gasteiger partial charge in [0.15, 0.2) is 5.82 Å². The number of hydrogen-bond acceptors (Lipinski definition) is 5. The molecule has 0 saturated carbocycles. The van der Waals surface area contributed by atoms with Crippen LogP contribution in [0.2, 0.25) is 0 Å². The highest BCUT2D eigenvalue weighted by Crippen LogP contribution is 2.41. The zero-order valence-electron chi connectivity index (χ0n) is 21.1. The van der Waals surface area contributed by atoms with Crippen molar-refractivity contribution in [3.63, 3.8) is 0 Å². The molecule has 0 aliphatic carbocycles. The molecule has 1 aliphatic rings. The molecule has 0 unspecified atom stereocenters. The molecular weight excluding hydrogens is 527 g/mol. The van der Waals surface area contributed by atoms with E-state index in [0.29, 0.717) is 22.6 Å². The summed E-state index contributed by atoms with van der Waals surface area (Å²) in [6.45, 7) is -0.690. The van der Waals surface area contributed by atoms with E-state index >= 15 is 0 Å². The van der Waals surface area contributed by atoms with Gasteiger partial charge in [0.05, 0.1) is 23.4 Å². The molecule has 4 aromatic rings. The van der Waals surface area contributed by atoms with E-state index in [1.807, 2.05) is 0 Å². The largest absolute Gasteiger partial charge is 0.488 e. The van der Waals surface area contributed by atoms with Gasteiger partial charge in [-0.1, -0.05) is 18.2 Å². The normalized spacial score (nSPS) is 11.7. The van der Waals surface area contributed by atoms with Crippen molar-refractivity contribution in [1.82, 2.24) is 9.78 Å². The molecule has 3 amide bonds. The van der Waals surface area contributed by atoms with Gasteiger partial charge in [-0.25, -0.2) is 13.2 Å². The van der Waals surface area contributed by atoms with Gasteiger partial charge < -0.3 is 15.8 Å². The number of fused-ring (bicyclic) bond motifs is 3. The van der Waals surface area contributed by atoms with E-state index < -0.39 is 48.1 Å². The lowest BCUT2D eigenvalue weighted by Gasteiger charge is -2.24. The molecule has 0 radical (unpaired) electrons. The molecule has 1 aromatic heterocycles. The van der Waals surface area contributed by atoms with Gasteiger partial charge in [0.25, 0.3) is 0 Å². The Morgan fingerprint density at radius 1 is 1.05 bits per heavy atom. The van der Waals surface area contributed by atoms with Crippen LogP contribution in [0.15, 0.2) is 60.7 Å². The van der Waals surface area contributed by atoms with Crippen LogP contribution in [0.5, 0.6) is 5.75 Å². The maximum atomic E-state index is 14.4. The third-order valence-electron chi connectivity index (χ3n) is 6.38. The number of carbonyl (C=O) groups is 3. The second-order valence-corrected chi connectivity index (χ2v) is 9.06. The van der Waals surface area contributed by atoms with E-state index in [-0.39, 0.29) is 29.2 Å². The van der Waals surface area contributed by atoms with E-state index in [1.54, 1.807) is 13.1 Å². The first-order valence-electron chi connectivity index (χ1n) is 12.0. The smallest absolute Gasteiger partial charge is 0.248 e. The lowest BCUT2D eigenvalue weighted by Crippen LogP contribution is -2.40. The van der Waals surface area contributed by atoms with Gasteiger partial charge in [-0.2, -0.15) is 5.10 Å². The summed E-state index contributed by atoms with van der Waals surface area (Å²) in [6, 6.07) is 12.9. The van der Waals surface area contributed by atoms with E-state index in [1.165, 1.54) is 47.1 Å². The Bertz CT molecular complexity index is 1670. The number of nitrogens with zero attached hydrogens (tertiary/aromatic N) is 3. The van der Waals surface area contributed by atoms with Crippen LogP contribution >= 0.6 is 0 Å². The van der Waals surface area contributed by atoms with Crippen LogP contribution in [0.3, 0.4) is 0 Å². The average Bonchev–Trinajstić information content (AvgIpc) is 3.26. The van der Waals surface area contributed by atoms with Crippen molar-refractivity contribution >= 4 is 29.2 Å². The number of anilines is 2. The SMILES string of the molecule is Cn1nc(N(CC(=O)Nc2cc(C(N)=O)ccc2F)C(=O)Cc2ccccc2F)c2c1-c1cc(F)ccc1OC2. The first-order chi connectivity index (χ1) is 19.1. The van der Waals surface area contributed by atoms with E-state index in [9.17, 15) is 27.6 Å². The van der Waals surface area contributed by atoms with Crippen LogP contribution in [-0.2, 0) is 29.7 Å². The van der Waals surface area contributed by atoms with Crippen molar-refractivity contribution in [3.8, 4) is 17.0 Å². The molecule has 0 fully saturated rings.